The number of thiophene rings is 1. The monoisotopic (exact) mass is 527 g/mol. The molecule has 1 amide bonds. The summed E-state index contributed by atoms with van der Waals surface area (Å²) in [6.45, 7) is 3.85. The zero-order valence-electron chi connectivity index (χ0n) is 17.8. The summed E-state index contributed by atoms with van der Waals surface area (Å²) in [7, 11) is -3.83. The van der Waals surface area contributed by atoms with Crippen molar-refractivity contribution >= 4 is 60.4 Å². The van der Waals surface area contributed by atoms with E-state index >= 15 is 0 Å². The fourth-order valence-corrected chi connectivity index (χ4v) is 8.53. The summed E-state index contributed by atoms with van der Waals surface area (Å²) in [5.41, 5.74) is 0.902. The molecule has 1 saturated heterocycles. The summed E-state index contributed by atoms with van der Waals surface area (Å²) in [6, 6.07) is 6.02. The van der Waals surface area contributed by atoms with E-state index in [1.54, 1.807) is 6.07 Å². The van der Waals surface area contributed by atoms with Gasteiger partial charge in [0.2, 0.25) is 0 Å². The van der Waals surface area contributed by atoms with E-state index in [9.17, 15) is 13.2 Å². The van der Waals surface area contributed by atoms with E-state index in [0.717, 1.165) is 28.0 Å². The predicted octanol–water partition coefficient (Wildman–Crippen LogP) is 3.88. The molecule has 0 bridgehead atoms. The lowest BCUT2D eigenvalue weighted by atomic mass is 10.0. The van der Waals surface area contributed by atoms with Crippen LogP contribution in [0.3, 0.4) is 0 Å². The van der Waals surface area contributed by atoms with Gasteiger partial charge in [0.05, 0.1) is 14.6 Å². The van der Waals surface area contributed by atoms with Crippen molar-refractivity contribution in [3.8, 4) is 11.5 Å². The zero-order valence-corrected chi connectivity index (χ0v) is 21.0. The molecule has 8 nitrogen and oxygen atoms in total. The Morgan fingerprint density at radius 2 is 1.94 bits per heavy atom. The molecule has 1 aromatic carbocycles. The van der Waals surface area contributed by atoms with Crippen molar-refractivity contribution in [1.29, 1.82) is 0 Å². The summed E-state index contributed by atoms with van der Waals surface area (Å²) in [4.78, 5) is 18.3. The third kappa shape index (κ3) is 4.21. The maximum Gasteiger partial charge on any atom is 0.266 e. The fourth-order valence-electron chi connectivity index (χ4n) is 4.16. The van der Waals surface area contributed by atoms with Crippen LogP contribution in [0.4, 0.5) is 0 Å². The molecule has 0 radical (unpaired) electrons. The number of hydrogen-bond donors (Lipinski definition) is 0. The molecule has 0 aliphatic carbocycles. The first-order chi connectivity index (χ1) is 15.9. The van der Waals surface area contributed by atoms with Crippen LogP contribution in [0.15, 0.2) is 33.5 Å². The van der Waals surface area contributed by atoms with E-state index in [4.69, 9.17) is 21.1 Å². The molecule has 5 rings (SSSR count). The van der Waals surface area contributed by atoms with Gasteiger partial charge in [0.25, 0.3) is 15.9 Å². The second kappa shape index (κ2) is 9.03. The van der Waals surface area contributed by atoms with Gasteiger partial charge in [-0.25, -0.2) is 8.42 Å². The number of halogens is 1. The number of nitrogens with zero attached hydrogens (tertiary/aromatic N) is 3. The van der Waals surface area contributed by atoms with E-state index in [2.05, 4.69) is 4.99 Å². The van der Waals surface area contributed by atoms with Crippen molar-refractivity contribution in [3.05, 3.63) is 33.4 Å². The number of benzene rings is 1. The second-order valence-corrected chi connectivity index (χ2v) is 12.6. The Morgan fingerprint density at radius 3 is 2.64 bits per heavy atom. The average molecular weight is 528 g/mol. The van der Waals surface area contributed by atoms with Crippen LogP contribution >= 0.6 is 34.3 Å². The lowest BCUT2D eigenvalue weighted by molar-refractivity contribution is -0.122. The van der Waals surface area contributed by atoms with Crippen LogP contribution in [0.2, 0.25) is 4.34 Å². The number of hydrogen-bond acceptors (Lipinski definition) is 7. The normalized spacial score (nSPS) is 19.8. The molecule has 2 aromatic heterocycles. The molecule has 0 spiro atoms. The SMILES string of the molecule is CCn1c(=NC(=O)C2CCCCN2S(=O)(=O)c2ccc(Cl)s2)sc2cc3c(cc21)OCCO3. The van der Waals surface area contributed by atoms with Crippen molar-refractivity contribution in [1.82, 2.24) is 8.87 Å². The number of piperidine rings is 1. The summed E-state index contributed by atoms with van der Waals surface area (Å²) < 4.78 is 42.5. The summed E-state index contributed by atoms with van der Waals surface area (Å²) in [5, 5.41) is 0. The number of carbonyl (C=O) groups excluding carboxylic acids is 1. The van der Waals surface area contributed by atoms with Crippen LogP contribution in [-0.4, -0.2) is 49.0 Å². The van der Waals surface area contributed by atoms with Gasteiger partial charge in [-0.15, -0.1) is 11.3 Å². The quantitative estimate of drug-likeness (QED) is 0.513. The Bertz CT molecular complexity index is 1390. The van der Waals surface area contributed by atoms with Gasteiger partial charge in [-0.1, -0.05) is 29.4 Å². The van der Waals surface area contributed by atoms with Crippen molar-refractivity contribution in [2.24, 2.45) is 4.99 Å². The summed E-state index contributed by atoms with van der Waals surface area (Å²) >= 11 is 8.34. The summed E-state index contributed by atoms with van der Waals surface area (Å²) in [6.07, 6.45) is 1.91. The lowest BCUT2D eigenvalue weighted by Crippen LogP contribution is -2.47. The van der Waals surface area contributed by atoms with E-state index in [-0.39, 0.29) is 10.8 Å². The molecule has 176 valence electrons. The Morgan fingerprint density at radius 1 is 1.18 bits per heavy atom. The fraction of sp³-hybridized carbons (Fsp3) is 0.429. The average Bonchev–Trinajstić information content (AvgIpc) is 3.40. The van der Waals surface area contributed by atoms with Crippen molar-refractivity contribution in [2.75, 3.05) is 19.8 Å². The van der Waals surface area contributed by atoms with Crippen LogP contribution in [0, 0.1) is 0 Å². The number of aromatic nitrogens is 1. The first kappa shape index (κ1) is 22.9. The highest BCUT2D eigenvalue weighted by Crippen LogP contribution is 2.36. The molecular weight excluding hydrogens is 506 g/mol. The van der Waals surface area contributed by atoms with Crippen LogP contribution in [0.25, 0.3) is 10.2 Å². The topological polar surface area (TPSA) is 90.2 Å². The Labute approximate surface area is 204 Å². The number of thiazole rings is 1. The van der Waals surface area contributed by atoms with Gasteiger partial charge in [0.1, 0.15) is 23.5 Å². The molecule has 3 aromatic rings. The minimum atomic E-state index is -3.83. The van der Waals surface area contributed by atoms with Gasteiger partial charge in [0, 0.05) is 25.2 Å². The highest BCUT2D eigenvalue weighted by molar-refractivity contribution is 7.91. The number of amides is 1. The molecule has 2 aliphatic heterocycles. The van der Waals surface area contributed by atoms with Crippen molar-refractivity contribution in [3.63, 3.8) is 0 Å². The third-order valence-electron chi connectivity index (χ3n) is 5.72. The molecule has 4 heterocycles. The second-order valence-electron chi connectivity index (χ2n) is 7.73. The molecule has 1 fully saturated rings. The Kier molecular flexibility index (Phi) is 6.25. The first-order valence-corrected chi connectivity index (χ1v) is 14.1. The third-order valence-corrected chi connectivity index (χ3v) is 10.4. The minimum Gasteiger partial charge on any atom is -0.486 e. The standard InChI is InChI=1S/C21H22ClN3O5S3/c1-2-24-14-11-15-16(30-10-9-29-15)12-17(14)31-21(24)23-20(26)13-5-3-4-8-25(13)33(27,28)19-7-6-18(22)32-19/h6-7,11-13H,2-5,8-10H2,1H3. The van der Waals surface area contributed by atoms with E-state index in [1.807, 2.05) is 23.6 Å². The molecule has 12 heteroatoms. The van der Waals surface area contributed by atoms with Crippen LogP contribution < -0.4 is 14.3 Å². The Balaban J connectivity index is 1.53. The van der Waals surface area contributed by atoms with Crippen molar-refractivity contribution in [2.45, 2.75) is 43.0 Å². The molecule has 0 N–H and O–H groups in total. The summed E-state index contributed by atoms with van der Waals surface area (Å²) in [5.74, 6) is 0.896. The number of ether oxygens (including phenoxy) is 2. The van der Waals surface area contributed by atoms with Gasteiger partial charge < -0.3 is 14.0 Å². The molecule has 33 heavy (non-hydrogen) atoms. The van der Waals surface area contributed by atoms with Gasteiger partial charge in [-0.2, -0.15) is 9.30 Å². The van der Waals surface area contributed by atoms with Gasteiger partial charge in [-0.3, -0.25) is 4.79 Å². The molecule has 0 saturated carbocycles. The zero-order chi connectivity index (χ0) is 23.2. The number of aryl methyl sites for hydroxylation is 1. The molecule has 1 atom stereocenters. The van der Waals surface area contributed by atoms with E-state index < -0.39 is 22.0 Å². The van der Waals surface area contributed by atoms with Gasteiger partial charge >= 0.3 is 0 Å². The smallest absolute Gasteiger partial charge is 0.266 e. The van der Waals surface area contributed by atoms with E-state index in [1.165, 1.54) is 21.7 Å². The maximum absolute atomic E-state index is 13.3. The number of rotatable bonds is 4. The number of sulfonamides is 1. The van der Waals surface area contributed by atoms with E-state index in [0.29, 0.717) is 53.2 Å². The predicted molar refractivity (Wildman–Crippen MR) is 128 cm³/mol. The maximum atomic E-state index is 13.3. The number of carbonyl (C=O) groups is 1. The number of fused-ring (bicyclic) bond motifs is 2. The highest BCUT2D eigenvalue weighted by atomic mass is 35.5. The molecular formula is C21H22ClN3O5S3. The minimum absolute atomic E-state index is 0.142. The van der Waals surface area contributed by atoms with Gasteiger partial charge in [0.15, 0.2) is 16.3 Å². The van der Waals surface area contributed by atoms with Crippen molar-refractivity contribution < 1.29 is 22.7 Å². The van der Waals surface area contributed by atoms with Crippen LogP contribution in [0.1, 0.15) is 26.2 Å². The lowest BCUT2D eigenvalue weighted by Gasteiger charge is -2.31. The molecule has 1 unspecified atom stereocenters. The molecule has 2 aliphatic rings. The first-order valence-electron chi connectivity index (χ1n) is 10.7. The largest absolute Gasteiger partial charge is 0.486 e. The highest BCUT2D eigenvalue weighted by Gasteiger charge is 2.38. The van der Waals surface area contributed by atoms with Crippen LogP contribution in [0.5, 0.6) is 11.5 Å². The van der Waals surface area contributed by atoms with Gasteiger partial charge in [-0.05, 0) is 31.9 Å². The Hall–Kier alpha value is -1.92. The van der Waals surface area contributed by atoms with Crippen LogP contribution in [-0.2, 0) is 21.4 Å².